The van der Waals surface area contributed by atoms with Crippen molar-refractivity contribution in [2.75, 3.05) is 18.5 Å². The van der Waals surface area contributed by atoms with Crippen molar-refractivity contribution in [3.8, 4) is 0 Å². The molecule has 0 heterocycles. The Morgan fingerprint density at radius 3 is 0.885 bits per heavy atom. The molecule has 26 heavy (non-hydrogen) atoms. The van der Waals surface area contributed by atoms with E-state index in [-0.39, 0.29) is 0 Å². The maximum atomic E-state index is 2.33. The summed E-state index contributed by atoms with van der Waals surface area (Å²) >= 11 is 2.30. The van der Waals surface area contributed by atoms with Gasteiger partial charge in [0.05, 0.1) is 0 Å². The summed E-state index contributed by atoms with van der Waals surface area (Å²) in [5.41, 5.74) is 0. The van der Waals surface area contributed by atoms with Crippen LogP contribution in [0.25, 0.3) is 0 Å². The molecule has 0 spiro atoms. The van der Waals surface area contributed by atoms with E-state index in [1.165, 1.54) is 116 Å². The zero-order chi connectivity index (χ0) is 19.3. The van der Waals surface area contributed by atoms with Crippen LogP contribution in [0.3, 0.4) is 0 Å². The maximum absolute atomic E-state index is 2.33. The van der Waals surface area contributed by atoms with Crippen molar-refractivity contribution >= 4 is 26.7 Å². The Morgan fingerprint density at radius 1 is 0.385 bits per heavy atom. The number of hydrogen-bond acceptors (Lipinski definition) is 0. The van der Waals surface area contributed by atoms with Crippen molar-refractivity contribution in [1.29, 1.82) is 0 Å². The molecular formula is C24H52PTe+. The van der Waals surface area contributed by atoms with Crippen LogP contribution in [0.4, 0.5) is 0 Å². The van der Waals surface area contributed by atoms with Gasteiger partial charge in [-0.25, -0.2) is 0 Å². The average Bonchev–Trinajstić information content (AvgIpc) is 2.64. The first-order valence-electron chi connectivity index (χ1n) is 12.3. The first-order chi connectivity index (χ1) is 12.7. The van der Waals surface area contributed by atoms with Gasteiger partial charge in [0.2, 0.25) is 0 Å². The zero-order valence-electron chi connectivity index (χ0n) is 18.7. The third-order valence-corrected chi connectivity index (χ3v) is 14.4. The van der Waals surface area contributed by atoms with E-state index in [1.54, 1.807) is 18.5 Å². The van der Waals surface area contributed by atoms with Crippen LogP contribution in [-0.2, 0) is 0 Å². The van der Waals surface area contributed by atoms with Gasteiger partial charge in [0.15, 0.2) is 0 Å². The normalized spacial score (nSPS) is 12.0. The monoisotopic (exact) mass is 501 g/mol. The first kappa shape index (κ1) is 27.2. The molecule has 0 bridgehead atoms. The summed E-state index contributed by atoms with van der Waals surface area (Å²) in [4.78, 5) is -0.586. The van der Waals surface area contributed by atoms with E-state index in [9.17, 15) is 0 Å². The van der Waals surface area contributed by atoms with E-state index in [2.05, 4.69) is 42.5 Å². The molecule has 0 unspecified atom stereocenters. The Hall–Kier alpha value is 1.22. The van der Waals surface area contributed by atoms with Crippen LogP contribution in [0.1, 0.15) is 136 Å². The van der Waals surface area contributed by atoms with Crippen molar-refractivity contribution in [3.63, 3.8) is 0 Å². The molecule has 0 rings (SSSR count). The molecule has 0 atom stereocenters. The van der Waals surface area contributed by atoms with Crippen LogP contribution in [0, 0.1) is 0 Å². The third-order valence-electron chi connectivity index (χ3n) is 5.78. The predicted molar refractivity (Wildman–Crippen MR) is 129 cm³/mol. The molecule has 0 saturated carbocycles. The molecule has 2 heteroatoms. The minimum atomic E-state index is -0.586. The van der Waals surface area contributed by atoms with Crippen LogP contribution < -0.4 is 0 Å². The van der Waals surface area contributed by atoms with Crippen molar-refractivity contribution in [1.82, 2.24) is 0 Å². The summed E-state index contributed by atoms with van der Waals surface area (Å²) in [6.45, 7) is 6.98. The molecule has 0 aliphatic carbocycles. The van der Waals surface area contributed by atoms with Crippen molar-refractivity contribution in [2.45, 2.75) is 136 Å². The van der Waals surface area contributed by atoms with E-state index in [0.29, 0.717) is 0 Å². The van der Waals surface area contributed by atoms with Crippen LogP contribution in [-0.4, -0.2) is 40.2 Å². The van der Waals surface area contributed by atoms with E-state index in [1.807, 2.05) is 0 Å². The second-order valence-electron chi connectivity index (χ2n) is 8.57. The summed E-state index contributed by atoms with van der Waals surface area (Å²) < 4.78 is 0. The Morgan fingerprint density at radius 2 is 0.615 bits per heavy atom. The second-order valence-corrected chi connectivity index (χ2v) is 19.4. The number of hydrogen-bond donors (Lipinski definition) is 0. The average molecular weight is 499 g/mol. The molecule has 0 aliphatic heterocycles. The van der Waals surface area contributed by atoms with E-state index in [4.69, 9.17) is 0 Å². The molecule has 158 valence electrons. The molecule has 0 aromatic heterocycles. The Balaban J connectivity index is 4.02. The van der Waals surface area contributed by atoms with Gasteiger partial charge >= 0.3 is 182 Å². The van der Waals surface area contributed by atoms with Crippen molar-refractivity contribution in [3.05, 3.63) is 0 Å². The molecule has 0 amide bonds. The summed E-state index contributed by atoms with van der Waals surface area (Å²) in [5, 5.41) is 0. The van der Waals surface area contributed by atoms with Gasteiger partial charge in [-0.1, -0.05) is 0 Å². The SMILES string of the molecule is CCCCCCCC[P+]([TeH])(CCCCCCCC)CCCCCCCC. The predicted octanol–water partition coefficient (Wildman–Crippen LogP) is 8.90. The molecule has 0 nitrogen and oxygen atoms in total. The van der Waals surface area contributed by atoms with E-state index in [0.717, 1.165) is 0 Å². The van der Waals surface area contributed by atoms with E-state index >= 15 is 0 Å². The van der Waals surface area contributed by atoms with Crippen LogP contribution in [0.15, 0.2) is 0 Å². The van der Waals surface area contributed by atoms with Crippen LogP contribution >= 0.6 is 4.95 Å². The molecule has 0 aromatic carbocycles. The third kappa shape index (κ3) is 18.6. The fourth-order valence-corrected chi connectivity index (χ4v) is 10.6. The van der Waals surface area contributed by atoms with Gasteiger partial charge in [0.1, 0.15) is 0 Å². The zero-order valence-corrected chi connectivity index (χ0v) is 22.2. The van der Waals surface area contributed by atoms with Gasteiger partial charge in [-0.3, -0.25) is 0 Å². The quantitative estimate of drug-likeness (QED) is 0.0841. The minimum absolute atomic E-state index is 0.586. The topological polar surface area (TPSA) is 0 Å². The number of unbranched alkanes of at least 4 members (excludes halogenated alkanes) is 15. The Labute approximate surface area is 181 Å². The van der Waals surface area contributed by atoms with Gasteiger partial charge in [-0.05, 0) is 0 Å². The molecule has 0 saturated heterocycles. The van der Waals surface area contributed by atoms with Gasteiger partial charge in [0.25, 0.3) is 0 Å². The summed E-state index contributed by atoms with van der Waals surface area (Å²) in [6.07, 6.45) is 31.4. The van der Waals surface area contributed by atoms with E-state index < -0.39 is 4.95 Å². The van der Waals surface area contributed by atoms with Gasteiger partial charge in [-0.2, -0.15) is 0 Å². The second kappa shape index (κ2) is 20.9. The van der Waals surface area contributed by atoms with Gasteiger partial charge in [-0.15, -0.1) is 0 Å². The fourth-order valence-electron chi connectivity index (χ4n) is 3.89. The summed E-state index contributed by atoms with van der Waals surface area (Å²) in [5.74, 6) is 0. The Kier molecular flexibility index (Phi) is 21.9. The van der Waals surface area contributed by atoms with Crippen LogP contribution in [0.5, 0.6) is 0 Å². The first-order valence-corrected chi connectivity index (χ1v) is 18.0. The van der Waals surface area contributed by atoms with Crippen molar-refractivity contribution < 1.29 is 0 Å². The molecule has 0 aromatic rings. The summed E-state index contributed by atoms with van der Waals surface area (Å²) in [7, 11) is 0. The summed E-state index contributed by atoms with van der Waals surface area (Å²) in [6, 6.07) is 0. The number of rotatable bonds is 21. The molecule has 0 fully saturated rings. The molecule has 0 radical (unpaired) electrons. The molecule has 0 N–H and O–H groups in total. The van der Waals surface area contributed by atoms with Crippen molar-refractivity contribution in [2.24, 2.45) is 0 Å². The van der Waals surface area contributed by atoms with Gasteiger partial charge < -0.3 is 0 Å². The Bertz CT molecular complexity index is 226. The molecular weight excluding hydrogens is 447 g/mol. The van der Waals surface area contributed by atoms with Gasteiger partial charge in [0, 0.05) is 0 Å². The fraction of sp³-hybridized carbons (Fsp3) is 1.00. The molecule has 0 aliphatic rings. The standard InChI is InChI=1S/C24H52PTe/c1-4-7-10-13-16-19-22-25(26,23-20-17-14-11-8-5-2)24-21-18-15-12-9-6-3/h26H,4-24H2,1-3H3/q+1. The van der Waals surface area contributed by atoms with Crippen LogP contribution in [0.2, 0.25) is 0 Å².